The van der Waals surface area contributed by atoms with Crippen LogP contribution >= 0.6 is 0 Å². The minimum atomic E-state index is -0.466. The topological polar surface area (TPSA) is 57.1 Å². The molecule has 0 fully saturated rings. The highest BCUT2D eigenvalue weighted by Crippen LogP contribution is 2.30. The third-order valence-corrected chi connectivity index (χ3v) is 3.95. The highest BCUT2D eigenvalue weighted by molar-refractivity contribution is 6.12. The number of cyclic esters (lactones) is 1. The fourth-order valence-corrected chi connectivity index (χ4v) is 2.62. The van der Waals surface area contributed by atoms with E-state index in [1.165, 1.54) is 0 Å². The summed E-state index contributed by atoms with van der Waals surface area (Å²) in [7, 11) is 1.60. The highest BCUT2D eigenvalue weighted by atomic mass is 16.6. The number of rotatable bonds is 6. The van der Waals surface area contributed by atoms with Crippen LogP contribution in [-0.2, 0) is 9.53 Å². The number of aryl methyl sites for hydroxylation is 1. The molecule has 0 aromatic heterocycles. The molecule has 2 aromatic carbocycles. The minimum Gasteiger partial charge on any atom is -0.493 e. The van der Waals surface area contributed by atoms with E-state index in [0.29, 0.717) is 29.9 Å². The molecule has 0 saturated carbocycles. The predicted octanol–water partition coefficient (Wildman–Crippen LogP) is 4.38. The van der Waals surface area contributed by atoms with Gasteiger partial charge in [0.25, 0.3) is 0 Å². The molecule has 1 heterocycles. The first-order valence-corrected chi connectivity index (χ1v) is 8.86. The van der Waals surface area contributed by atoms with Gasteiger partial charge in [-0.1, -0.05) is 37.6 Å². The Bertz CT molecular complexity index is 912. The molecule has 5 heteroatoms. The van der Waals surface area contributed by atoms with E-state index in [-0.39, 0.29) is 5.70 Å². The monoisotopic (exact) mass is 365 g/mol. The number of hydrogen-bond donors (Lipinski definition) is 0. The van der Waals surface area contributed by atoms with Gasteiger partial charge >= 0.3 is 5.97 Å². The van der Waals surface area contributed by atoms with E-state index >= 15 is 0 Å². The third-order valence-electron chi connectivity index (χ3n) is 3.95. The van der Waals surface area contributed by atoms with Crippen LogP contribution in [0.3, 0.4) is 0 Å². The van der Waals surface area contributed by atoms with Crippen LogP contribution in [0.25, 0.3) is 6.08 Å². The number of ether oxygens (including phenoxy) is 3. The highest BCUT2D eigenvalue weighted by Gasteiger charge is 2.24. The molecule has 2 aromatic rings. The lowest BCUT2D eigenvalue weighted by Gasteiger charge is -2.13. The predicted molar refractivity (Wildman–Crippen MR) is 105 cm³/mol. The van der Waals surface area contributed by atoms with Crippen LogP contribution in [0.1, 0.15) is 30.5 Å². The third kappa shape index (κ3) is 4.56. The van der Waals surface area contributed by atoms with E-state index in [4.69, 9.17) is 14.2 Å². The Balaban J connectivity index is 1.89. The Labute approximate surface area is 159 Å². The molecule has 0 amide bonds. The first kappa shape index (κ1) is 18.7. The van der Waals surface area contributed by atoms with E-state index in [1.807, 2.05) is 49.4 Å². The Morgan fingerprint density at radius 2 is 1.96 bits per heavy atom. The van der Waals surface area contributed by atoms with E-state index in [1.54, 1.807) is 13.2 Å². The molecule has 5 nitrogen and oxygen atoms in total. The summed E-state index contributed by atoms with van der Waals surface area (Å²) in [6.45, 7) is 6.71. The summed E-state index contributed by atoms with van der Waals surface area (Å²) in [5.41, 5.74) is 2.90. The van der Waals surface area contributed by atoms with Crippen molar-refractivity contribution in [3.05, 3.63) is 64.9 Å². The average Bonchev–Trinajstić information content (AvgIpc) is 3.01. The molecule has 3 rings (SSSR count). The molecule has 0 radical (unpaired) electrons. The molecular weight excluding hydrogens is 342 g/mol. The van der Waals surface area contributed by atoms with E-state index in [2.05, 4.69) is 18.8 Å². The second-order valence-corrected chi connectivity index (χ2v) is 6.82. The van der Waals surface area contributed by atoms with Crippen molar-refractivity contribution in [2.75, 3.05) is 13.7 Å². The first-order chi connectivity index (χ1) is 13.0. The van der Waals surface area contributed by atoms with Gasteiger partial charge in [0.2, 0.25) is 5.90 Å². The second kappa shape index (κ2) is 8.08. The van der Waals surface area contributed by atoms with E-state index < -0.39 is 5.97 Å². The molecule has 0 unspecified atom stereocenters. The maximum atomic E-state index is 12.2. The zero-order valence-electron chi connectivity index (χ0n) is 16.0. The van der Waals surface area contributed by atoms with E-state index in [9.17, 15) is 4.79 Å². The molecule has 1 aliphatic rings. The summed E-state index contributed by atoms with van der Waals surface area (Å²) in [6, 6.07) is 13.2. The Hall–Kier alpha value is -3.08. The van der Waals surface area contributed by atoms with Crippen molar-refractivity contribution in [2.24, 2.45) is 10.9 Å². The number of benzene rings is 2. The first-order valence-electron chi connectivity index (χ1n) is 8.86. The van der Waals surface area contributed by atoms with Gasteiger partial charge in [0.1, 0.15) is 0 Å². The van der Waals surface area contributed by atoms with Crippen LogP contribution in [0.5, 0.6) is 11.5 Å². The molecule has 0 atom stereocenters. The van der Waals surface area contributed by atoms with Gasteiger partial charge in [0.05, 0.1) is 13.7 Å². The van der Waals surface area contributed by atoms with Crippen molar-refractivity contribution in [1.29, 1.82) is 0 Å². The van der Waals surface area contributed by atoms with Crippen LogP contribution in [0.2, 0.25) is 0 Å². The number of aliphatic imine (C=N–C) groups is 1. The van der Waals surface area contributed by atoms with Crippen molar-refractivity contribution in [3.63, 3.8) is 0 Å². The molecule has 0 bridgehead atoms. The summed E-state index contributed by atoms with van der Waals surface area (Å²) in [5, 5.41) is 0. The number of methoxy groups -OCH3 is 1. The Kier molecular flexibility index (Phi) is 5.60. The summed E-state index contributed by atoms with van der Waals surface area (Å²) in [5.74, 6) is 1.53. The smallest absolute Gasteiger partial charge is 0.363 e. The van der Waals surface area contributed by atoms with Crippen molar-refractivity contribution >= 4 is 17.9 Å². The number of esters is 1. The van der Waals surface area contributed by atoms with E-state index in [0.717, 1.165) is 16.7 Å². The Morgan fingerprint density at radius 1 is 1.15 bits per heavy atom. The molecule has 0 saturated heterocycles. The zero-order valence-corrected chi connectivity index (χ0v) is 16.0. The number of hydrogen-bond acceptors (Lipinski definition) is 5. The standard InChI is InChI=1S/C22H23NO4/c1-14(2)13-26-20-12-16(8-9-19(20)25-4)11-18-22(24)27-21(23-18)17-7-5-6-15(3)10-17/h5-12,14H,13H2,1-4H3/b18-11-. The molecule has 27 heavy (non-hydrogen) atoms. The summed E-state index contributed by atoms with van der Waals surface area (Å²) in [4.78, 5) is 16.6. The van der Waals surface area contributed by atoms with Gasteiger partial charge < -0.3 is 14.2 Å². The van der Waals surface area contributed by atoms with Gasteiger partial charge in [0, 0.05) is 5.56 Å². The molecule has 0 aliphatic carbocycles. The maximum Gasteiger partial charge on any atom is 0.363 e. The lowest BCUT2D eigenvalue weighted by molar-refractivity contribution is -0.129. The van der Waals surface area contributed by atoms with Crippen molar-refractivity contribution < 1.29 is 19.0 Å². The van der Waals surface area contributed by atoms with Crippen molar-refractivity contribution in [3.8, 4) is 11.5 Å². The SMILES string of the molecule is COc1ccc(/C=C2\N=C(c3cccc(C)c3)OC2=O)cc1OCC(C)C. The zero-order chi connectivity index (χ0) is 19.4. The summed E-state index contributed by atoms with van der Waals surface area (Å²) in [6.07, 6.45) is 1.69. The molecule has 0 N–H and O–H groups in total. The number of carbonyl (C=O) groups is 1. The summed E-state index contributed by atoms with van der Waals surface area (Å²) >= 11 is 0. The Morgan fingerprint density at radius 3 is 2.67 bits per heavy atom. The van der Waals surface area contributed by atoms with Crippen LogP contribution in [-0.4, -0.2) is 25.6 Å². The van der Waals surface area contributed by atoms with Gasteiger partial charge in [-0.25, -0.2) is 9.79 Å². The van der Waals surface area contributed by atoms with Gasteiger partial charge in [-0.15, -0.1) is 0 Å². The maximum absolute atomic E-state index is 12.2. The number of carbonyl (C=O) groups excluding carboxylic acids is 1. The van der Waals surface area contributed by atoms with Gasteiger partial charge in [-0.3, -0.25) is 0 Å². The van der Waals surface area contributed by atoms with Gasteiger partial charge in [0.15, 0.2) is 17.2 Å². The molecular formula is C22H23NO4. The summed E-state index contributed by atoms with van der Waals surface area (Å²) < 4.78 is 16.5. The van der Waals surface area contributed by atoms with Gasteiger partial charge in [-0.2, -0.15) is 0 Å². The molecule has 1 aliphatic heterocycles. The molecule has 0 spiro atoms. The minimum absolute atomic E-state index is 0.256. The van der Waals surface area contributed by atoms with Crippen LogP contribution in [0, 0.1) is 12.8 Å². The lowest BCUT2D eigenvalue weighted by atomic mass is 10.1. The fourth-order valence-electron chi connectivity index (χ4n) is 2.62. The second-order valence-electron chi connectivity index (χ2n) is 6.82. The largest absolute Gasteiger partial charge is 0.493 e. The normalized spacial score (nSPS) is 15.1. The average molecular weight is 365 g/mol. The quantitative estimate of drug-likeness (QED) is 0.563. The fraction of sp³-hybridized carbons (Fsp3) is 0.273. The van der Waals surface area contributed by atoms with Gasteiger partial charge in [-0.05, 0) is 48.7 Å². The van der Waals surface area contributed by atoms with Crippen molar-refractivity contribution in [1.82, 2.24) is 0 Å². The molecule has 140 valence electrons. The lowest BCUT2D eigenvalue weighted by Crippen LogP contribution is -2.06. The van der Waals surface area contributed by atoms with Crippen LogP contribution in [0.15, 0.2) is 53.2 Å². The van der Waals surface area contributed by atoms with Crippen molar-refractivity contribution in [2.45, 2.75) is 20.8 Å². The van der Waals surface area contributed by atoms with Crippen LogP contribution in [0.4, 0.5) is 0 Å². The van der Waals surface area contributed by atoms with Crippen LogP contribution < -0.4 is 9.47 Å². The number of nitrogens with zero attached hydrogens (tertiary/aromatic N) is 1.